The summed E-state index contributed by atoms with van der Waals surface area (Å²) < 4.78 is 0.924. The highest BCUT2D eigenvalue weighted by Crippen LogP contribution is 2.13. The lowest BCUT2D eigenvalue weighted by atomic mass is 10.2. The summed E-state index contributed by atoms with van der Waals surface area (Å²) in [7, 11) is 2.13. The van der Waals surface area contributed by atoms with Gasteiger partial charge in [0.2, 0.25) is 0 Å². The number of carbonyl (C=O) groups excluding carboxylic acids is 1. The van der Waals surface area contributed by atoms with Gasteiger partial charge in [-0.2, -0.15) is 0 Å². The molecule has 1 aliphatic rings. The van der Waals surface area contributed by atoms with E-state index in [1.165, 1.54) is 0 Å². The van der Waals surface area contributed by atoms with Gasteiger partial charge in [-0.15, -0.1) is 12.4 Å². The Bertz CT molecular complexity index is 529. The molecule has 1 aromatic carbocycles. The highest BCUT2D eigenvalue weighted by atomic mass is 35.5. The van der Waals surface area contributed by atoms with Crippen LogP contribution in [0, 0.1) is 0 Å². The van der Waals surface area contributed by atoms with Gasteiger partial charge in [0.1, 0.15) is 4.32 Å². The van der Waals surface area contributed by atoms with Crippen molar-refractivity contribution in [3.8, 4) is 0 Å². The van der Waals surface area contributed by atoms with Gasteiger partial charge in [-0.1, -0.05) is 60.4 Å². The van der Waals surface area contributed by atoms with Crippen molar-refractivity contribution in [3.05, 3.63) is 42.0 Å². The normalized spacial score (nSPS) is 15.4. The minimum absolute atomic E-state index is 0. The zero-order valence-electron chi connectivity index (χ0n) is 13.3. The Morgan fingerprint density at radius 2 is 1.87 bits per heavy atom. The summed E-state index contributed by atoms with van der Waals surface area (Å²) in [6, 6.07) is 9.88. The third-order valence-electron chi connectivity index (χ3n) is 3.60. The molecule has 0 saturated carbocycles. The molecule has 0 amide bonds. The van der Waals surface area contributed by atoms with Crippen molar-refractivity contribution < 1.29 is 4.79 Å². The number of rotatable bonds is 5. The molecule has 0 aliphatic carbocycles. The molecule has 0 N–H and O–H groups in total. The maximum absolute atomic E-state index is 11.9. The van der Waals surface area contributed by atoms with Gasteiger partial charge in [0, 0.05) is 38.4 Å². The third kappa shape index (κ3) is 7.48. The molecule has 0 radical (unpaired) electrons. The highest BCUT2D eigenvalue weighted by molar-refractivity contribution is 8.22. The van der Waals surface area contributed by atoms with Crippen LogP contribution >= 0.6 is 36.4 Å². The van der Waals surface area contributed by atoms with E-state index >= 15 is 0 Å². The Labute approximate surface area is 154 Å². The van der Waals surface area contributed by atoms with Crippen LogP contribution < -0.4 is 0 Å². The van der Waals surface area contributed by atoms with Crippen molar-refractivity contribution in [1.29, 1.82) is 0 Å². The highest BCUT2D eigenvalue weighted by Gasteiger charge is 2.16. The number of thioether (sulfide) groups is 1. The van der Waals surface area contributed by atoms with E-state index < -0.39 is 0 Å². The predicted molar refractivity (Wildman–Crippen MR) is 106 cm³/mol. The average molecular weight is 371 g/mol. The number of hydrogen-bond donors (Lipinski definition) is 0. The van der Waals surface area contributed by atoms with Crippen molar-refractivity contribution in [2.45, 2.75) is 6.42 Å². The smallest absolute Gasteiger partial charge is 0.156 e. The molecule has 1 aromatic rings. The van der Waals surface area contributed by atoms with Gasteiger partial charge in [-0.3, -0.25) is 4.79 Å². The van der Waals surface area contributed by atoms with E-state index in [2.05, 4.69) is 16.8 Å². The van der Waals surface area contributed by atoms with Gasteiger partial charge in [0.25, 0.3) is 0 Å². The van der Waals surface area contributed by atoms with Crippen LogP contribution in [-0.2, 0) is 4.79 Å². The minimum Gasteiger partial charge on any atom is -0.355 e. The molecule has 0 atom stereocenters. The van der Waals surface area contributed by atoms with Crippen molar-refractivity contribution in [2.24, 2.45) is 0 Å². The van der Waals surface area contributed by atoms with E-state index in [1.54, 1.807) is 17.8 Å². The SMILES string of the molecule is CN1CCN(C(=S)SCCC(=O)C=Cc2ccccc2)CC1.Cl. The average Bonchev–Trinajstić information content (AvgIpc) is 2.54. The van der Waals surface area contributed by atoms with Crippen molar-refractivity contribution >= 4 is 52.6 Å². The Kier molecular flexibility index (Phi) is 9.48. The molecule has 126 valence electrons. The van der Waals surface area contributed by atoms with Crippen LogP contribution in [0.5, 0.6) is 0 Å². The number of carbonyl (C=O) groups is 1. The second-order valence-electron chi connectivity index (χ2n) is 5.37. The molecule has 1 aliphatic heterocycles. The first kappa shape index (κ1) is 20.2. The van der Waals surface area contributed by atoms with Crippen LogP contribution in [0.1, 0.15) is 12.0 Å². The monoisotopic (exact) mass is 370 g/mol. The summed E-state index contributed by atoms with van der Waals surface area (Å²) in [6.07, 6.45) is 4.06. The van der Waals surface area contributed by atoms with Gasteiger partial charge < -0.3 is 9.80 Å². The largest absolute Gasteiger partial charge is 0.355 e. The first-order chi connectivity index (χ1) is 10.6. The quantitative estimate of drug-likeness (QED) is 0.584. The molecular weight excluding hydrogens is 348 g/mol. The Balaban J connectivity index is 0.00000264. The molecule has 0 unspecified atom stereocenters. The molecule has 0 bridgehead atoms. The van der Waals surface area contributed by atoms with Crippen molar-refractivity contribution in [1.82, 2.24) is 9.80 Å². The molecular formula is C17H23ClN2OS2. The van der Waals surface area contributed by atoms with E-state index in [0.717, 1.165) is 41.8 Å². The summed E-state index contributed by atoms with van der Waals surface area (Å²) in [5, 5.41) is 0. The number of ketones is 1. The number of piperazine rings is 1. The van der Waals surface area contributed by atoms with Crippen LogP contribution in [0.15, 0.2) is 36.4 Å². The maximum atomic E-state index is 11.9. The molecule has 3 nitrogen and oxygen atoms in total. The standard InChI is InChI=1S/C17H22N2OS2.ClH/c1-18-10-12-19(13-11-18)17(21)22-14-9-16(20)8-7-15-5-3-2-4-6-15;/h2-8H,9-14H2,1H3;1H. The fourth-order valence-corrected chi connectivity index (χ4v) is 3.43. The van der Waals surface area contributed by atoms with E-state index in [0.29, 0.717) is 6.42 Å². The summed E-state index contributed by atoms with van der Waals surface area (Å²) in [5.74, 6) is 0.904. The molecule has 1 heterocycles. The second kappa shape index (κ2) is 10.8. The topological polar surface area (TPSA) is 23.6 Å². The van der Waals surface area contributed by atoms with Crippen molar-refractivity contribution in [3.63, 3.8) is 0 Å². The zero-order chi connectivity index (χ0) is 15.8. The fraction of sp³-hybridized carbons (Fsp3) is 0.412. The number of nitrogens with zero attached hydrogens (tertiary/aromatic N) is 2. The van der Waals surface area contributed by atoms with Crippen LogP contribution in [0.25, 0.3) is 6.08 Å². The molecule has 2 rings (SSSR count). The Hall–Kier alpha value is -0.880. The number of benzene rings is 1. The number of allylic oxidation sites excluding steroid dienone is 1. The first-order valence-corrected chi connectivity index (χ1v) is 8.91. The molecule has 1 saturated heterocycles. The van der Waals surface area contributed by atoms with Crippen LogP contribution in [0.3, 0.4) is 0 Å². The summed E-state index contributed by atoms with van der Waals surface area (Å²) in [4.78, 5) is 16.4. The zero-order valence-corrected chi connectivity index (χ0v) is 15.8. The number of likely N-dealkylation sites (N-methyl/N-ethyl adjacent to an activating group) is 1. The predicted octanol–water partition coefficient (Wildman–Crippen LogP) is 3.35. The number of hydrogen-bond acceptors (Lipinski definition) is 4. The van der Waals surface area contributed by atoms with Gasteiger partial charge in [0.05, 0.1) is 0 Å². The molecule has 1 fully saturated rings. The van der Waals surface area contributed by atoms with Crippen molar-refractivity contribution in [2.75, 3.05) is 39.0 Å². The number of halogens is 1. The van der Waals surface area contributed by atoms with Gasteiger partial charge in [0.15, 0.2) is 5.78 Å². The van der Waals surface area contributed by atoms with Gasteiger partial charge in [-0.25, -0.2) is 0 Å². The molecule has 0 aromatic heterocycles. The lowest BCUT2D eigenvalue weighted by molar-refractivity contribution is -0.114. The van der Waals surface area contributed by atoms with E-state index in [1.807, 2.05) is 36.4 Å². The minimum atomic E-state index is 0. The number of thiocarbonyl (C=S) groups is 1. The fourth-order valence-electron chi connectivity index (χ4n) is 2.16. The summed E-state index contributed by atoms with van der Waals surface area (Å²) >= 11 is 7.07. The van der Waals surface area contributed by atoms with E-state index in [-0.39, 0.29) is 18.2 Å². The Morgan fingerprint density at radius 1 is 1.22 bits per heavy atom. The van der Waals surface area contributed by atoms with Crippen LogP contribution in [-0.4, -0.2) is 58.9 Å². The Morgan fingerprint density at radius 3 is 2.52 bits per heavy atom. The first-order valence-electron chi connectivity index (χ1n) is 7.51. The van der Waals surface area contributed by atoms with E-state index in [4.69, 9.17) is 12.2 Å². The van der Waals surface area contributed by atoms with Crippen LogP contribution in [0.2, 0.25) is 0 Å². The second-order valence-corrected chi connectivity index (χ2v) is 7.09. The molecule has 0 spiro atoms. The maximum Gasteiger partial charge on any atom is 0.156 e. The summed E-state index contributed by atoms with van der Waals surface area (Å²) in [6.45, 7) is 4.09. The molecule has 23 heavy (non-hydrogen) atoms. The van der Waals surface area contributed by atoms with Gasteiger partial charge >= 0.3 is 0 Å². The lowest BCUT2D eigenvalue weighted by Crippen LogP contribution is -2.45. The molecule has 6 heteroatoms. The lowest BCUT2D eigenvalue weighted by Gasteiger charge is -2.33. The third-order valence-corrected chi connectivity index (χ3v) is 5.12. The van der Waals surface area contributed by atoms with E-state index in [9.17, 15) is 4.79 Å². The van der Waals surface area contributed by atoms with Gasteiger partial charge in [-0.05, 0) is 18.7 Å². The summed E-state index contributed by atoms with van der Waals surface area (Å²) in [5.41, 5.74) is 1.05. The van der Waals surface area contributed by atoms with Crippen LogP contribution in [0.4, 0.5) is 0 Å².